The summed E-state index contributed by atoms with van der Waals surface area (Å²) in [6.45, 7) is 1.39. The van der Waals surface area contributed by atoms with Crippen LogP contribution in [0.25, 0.3) is 0 Å². The minimum Gasteiger partial charge on any atom is -0.472 e. The van der Waals surface area contributed by atoms with E-state index in [4.69, 9.17) is 9.47 Å². The highest BCUT2D eigenvalue weighted by molar-refractivity contribution is 5.93. The van der Waals surface area contributed by atoms with Gasteiger partial charge in [0.15, 0.2) is 0 Å². The lowest BCUT2D eigenvalue weighted by Crippen LogP contribution is -2.23. The van der Waals surface area contributed by atoms with Gasteiger partial charge in [-0.15, -0.1) is 0 Å². The molecule has 0 aliphatic carbocycles. The number of aromatic nitrogens is 1. The Balaban J connectivity index is 1.56. The van der Waals surface area contributed by atoms with Crippen molar-refractivity contribution in [3.63, 3.8) is 0 Å². The Kier molecular flexibility index (Phi) is 4.83. The van der Waals surface area contributed by atoms with Crippen molar-refractivity contribution in [2.75, 3.05) is 13.2 Å². The van der Waals surface area contributed by atoms with Gasteiger partial charge in [0.05, 0.1) is 18.8 Å². The van der Waals surface area contributed by atoms with Crippen LogP contribution in [0.4, 0.5) is 4.39 Å². The van der Waals surface area contributed by atoms with Crippen molar-refractivity contribution >= 4 is 5.91 Å². The highest BCUT2D eigenvalue weighted by atomic mass is 19.1. The highest BCUT2D eigenvalue weighted by Crippen LogP contribution is 2.15. The molecule has 1 fully saturated rings. The van der Waals surface area contributed by atoms with E-state index in [9.17, 15) is 9.18 Å². The third kappa shape index (κ3) is 4.04. The smallest absolute Gasteiger partial charge is 0.253 e. The van der Waals surface area contributed by atoms with Crippen LogP contribution in [-0.4, -0.2) is 30.2 Å². The second kappa shape index (κ2) is 7.19. The molecule has 1 atom stereocenters. The molecule has 1 saturated heterocycles. The number of pyridine rings is 1. The number of nitrogens with one attached hydrogen (secondary N) is 1. The Morgan fingerprint density at radius 2 is 2.22 bits per heavy atom. The lowest BCUT2D eigenvalue weighted by atomic mass is 10.2. The number of halogens is 1. The molecule has 0 bridgehead atoms. The molecule has 120 valence electrons. The van der Waals surface area contributed by atoms with Crippen LogP contribution in [0.2, 0.25) is 0 Å². The van der Waals surface area contributed by atoms with Gasteiger partial charge in [0.2, 0.25) is 5.88 Å². The standard InChI is InChI=1S/C17H17FN2O3/c18-15-4-2-1-3-12(15)9-20-17(21)13-5-6-16(19-10-13)23-14-7-8-22-11-14/h1-6,10,14H,7-9,11H2,(H,20,21)/t14-/m0/s1. The van der Waals surface area contributed by atoms with Crippen molar-refractivity contribution in [3.05, 3.63) is 59.5 Å². The monoisotopic (exact) mass is 316 g/mol. The Morgan fingerprint density at radius 1 is 1.35 bits per heavy atom. The number of ether oxygens (including phenoxy) is 2. The number of hydrogen-bond acceptors (Lipinski definition) is 4. The number of benzene rings is 1. The first-order chi connectivity index (χ1) is 11.2. The zero-order valence-corrected chi connectivity index (χ0v) is 12.5. The summed E-state index contributed by atoms with van der Waals surface area (Å²) in [6, 6.07) is 9.62. The van der Waals surface area contributed by atoms with Crippen molar-refractivity contribution in [2.24, 2.45) is 0 Å². The van der Waals surface area contributed by atoms with Crippen molar-refractivity contribution in [1.82, 2.24) is 10.3 Å². The summed E-state index contributed by atoms with van der Waals surface area (Å²) < 4.78 is 24.4. The fourth-order valence-corrected chi connectivity index (χ4v) is 2.28. The van der Waals surface area contributed by atoms with Crippen LogP contribution in [-0.2, 0) is 11.3 Å². The lowest BCUT2D eigenvalue weighted by molar-refractivity contribution is 0.0950. The van der Waals surface area contributed by atoms with Gasteiger partial charge in [-0.2, -0.15) is 0 Å². The van der Waals surface area contributed by atoms with Crippen molar-refractivity contribution in [1.29, 1.82) is 0 Å². The molecular formula is C17H17FN2O3. The van der Waals surface area contributed by atoms with Gasteiger partial charge >= 0.3 is 0 Å². The normalized spacial score (nSPS) is 17.0. The average Bonchev–Trinajstić information content (AvgIpc) is 3.07. The summed E-state index contributed by atoms with van der Waals surface area (Å²) in [5.41, 5.74) is 0.839. The molecule has 0 spiro atoms. The second-order valence-electron chi connectivity index (χ2n) is 5.26. The Morgan fingerprint density at radius 3 is 2.91 bits per heavy atom. The van der Waals surface area contributed by atoms with Crippen LogP contribution in [0.3, 0.4) is 0 Å². The second-order valence-corrected chi connectivity index (χ2v) is 5.26. The number of nitrogens with zero attached hydrogens (tertiary/aromatic N) is 1. The number of rotatable bonds is 5. The van der Waals surface area contributed by atoms with Crippen LogP contribution in [0.5, 0.6) is 5.88 Å². The lowest BCUT2D eigenvalue weighted by Gasteiger charge is -2.11. The first-order valence-electron chi connectivity index (χ1n) is 7.44. The van der Waals surface area contributed by atoms with Crippen LogP contribution >= 0.6 is 0 Å². The Hall–Kier alpha value is -2.47. The van der Waals surface area contributed by atoms with Gasteiger partial charge in [-0.1, -0.05) is 18.2 Å². The van der Waals surface area contributed by atoms with E-state index < -0.39 is 0 Å². The molecule has 1 aliphatic heterocycles. The van der Waals surface area contributed by atoms with Crippen molar-refractivity contribution in [3.8, 4) is 5.88 Å². The average molecular weight is 316 g/mol. The number of hydrogen-bond donors (Lipinski definition) is 1. The summed E-state index contributed by atoms with van der Waals surface area (Å²) in [5, 5.41) is 2.67. The Bertz CT molecular complexity index is 670. The summed E-state index contributed by atoms with van der Waals surface area (Å²) in [7, 11) is 0. The SMILES string of the molecule is O=C(NCc1ccccc1F)c1ccc(O[C@H]2CCOC2)nc1. The maximum absolute atomic E-state index is 13.5. The molecular weight excluding hydrogens is 299 g/mol. The van der Waals surface area contributed by atoms with Crippen LogP contribution in [0.1, 0.15) is 22.3 Å². The van der Waals surface area contributed by atoms with Gasteiger partial charge in [0.1, 0.15) is 11.9 Å². The van der Waals surface area contributed by atoms with Crippen molar-refractivity contribution in [2.45, 2.75) is 19.1 Å². The highest BCUT2D eigenvalue weighted by Gasteiger charge is 2.17. The predicted octanol–water partition coefficient (Wildman–Crippen LogP) is 2.32. The van der Waals surface area contributed by atoms with E-state index in [0.29, 0.717) is 30.2 Å². The maximum atomic E-state index is 13.5. The van der Waals surface area contributed by atoms with Gasteiger partial charge < -0.3 is 14.8 Å². The first-order valence-corrected chi connectivity index (χ1v) is 7.44. The van der Waals surface area contributed by atoms with Crippen molar-refractivity contribution < 1.29 is 18.7 Å². The molecule has 1 aliphatic rings. The summed E-state index contributed by atoms with van der Waals surface area (Å²) in [5.74, 6) is -0.184. The molecule has 0 radical (unpaired) electrons. The van der Waals surface area contributed by atoms with Crippen LogP contribution < -0.4 is 10.1 Å². The predicted molar refractivity (Wildman–Crippen MR) is 81.7 cm³/mol. The van der Waals surface area contributed by atoms with Gasteiger partial charge in [0, 0.05) is 30.8 Å². The molecule has 1 aromatic heterocycles. The largest absolute Gasteiger partial charge is 0.472 e. The molecule has 3 rings (SSSR count). The molecule has 2 heterocycles. The third-order valence-electron chi connectivity index (χ3n) is 3.57. The van der Waals surface area contributed by atoms with E-state index in [2.05, 4.69) is 10.3 Å². The van der Waals surface area contributed by atoms with Gasteiger partial charge in [-0.05, 0) is 12.1 Å². The quantitative estimate of drug-likeness (QED) is 0.919. The topological polar surface area (TPSA) is 60.5 Å². The van der Waals surface area contributed by atoms with Crippen LogP contribution in [0, 0.1) is 5.82 Å². The molecule has 6 heteroatoms. The molecule has 1 aromatic carbocycles. The Labute approximate surface area is 133 Å². The minimum atomic E-state index is -0.339. The number of carbonyl (C=O) groups is 1. The zero-order chi connectivity index (χ0) is 16.1. The summed E-state index contributed by atoms with van der Waals surface area (Å²) in [6.07, 6.45) is 2.30. The van der Waals surface area contributed by atoms with E-state index in [1.807, 2.05) is 0 Å². The molecule has 1 amide bonds. The zero-order valence-electron chi connectivity index (χ0n) is 12.5. The minimum absolute atomic E-state index is 0.0169. The summed E-state index contributed by atoms with van der Waals surface area (Å²) >= 11 is 0. The number of carbonyl (C=O) groups excluding carboxylic acids is 1. The fraction of sp³-hybridized carbons (Fsp3) is 0.294. The van der Waals surface area contributed by atoms with E-state index in [-0.39, 0.29) is 24.4 Å². The van der Waals surface area contributed by atoms with Gasteiger partial charge in [0.25, 0.3) is 5.91 Å². The molecule has 23 heavy (non-hydrogen) atoms. The molecule has 0 saturated carbocycles. The van der Waals surface area contributed by atoms with E-state index in [0.717, 1.165) is 6.42 Å². The molecule has 0 unspecified atom stereocenters. The maximum Gasteiger partial charge on any atom is 0.253 e. The van der Waals surface area contributed by atoms with Gasteiger partial charge in [-0.25, -0.2) is 9.37 Å². The van der Waals surface area contributed by atoms with Crippen LogP contribution in [0.15, 0.2) is 42.6 Å². The first kappa shape index (κ1) is 15.4. The number of amides is 1. The van der Waals surface area contributed by atoms with E-state index in [1.165, 1.54) is 12.3 Å². The molecule has 5 nitrogen and oxygen atoms in total. The third-order valence-corrected chi connectivity index (χ3v) is 3.57. The fourth-order valence-electron chi connectivity index (χ4n) is 2.28. The summed E-state index contributed by atoms with van der Waals surface area (Å²) in [4.78, 5) is 16.2. The van der Waals surface area contributed by atoms with Gasteiger partial charge in [-0.3, -0.25) is 4.79 Å². The molecule has 2 aromatic rings. The van der Waals surface area contributed by atoms with E-state index >= 15 is 0 Å². The molecule has 1 N–H and O–H groups in total. The van der Waals surface area contributed by atoms with E-state index in [1.54, 1.807) is 30.3 Å².